The molecular weight excluding hydrogens is 276 g/mol. The third-order valence-corrected chi connectivity index (χ3v) is 2.87. The first-order valence-corrected chi connectivity index (χ1v) is 6.92. The SMILES string of the molecule is [14NH2][12CH2][12CH2][12CH2][12CH2][12C@H]([14NH2])[12C](=O)[14NH][12C@@H]([12CH2][12CH2][12CH2][14N]=[12C]([14NH2])[14NH2])[12C](=O)O. The smallest absolute Gasteiger partial charge is 0.326 e. The van der Waals surface area contributed by atoms with Gasteiger partial charge in [0.25, 0.3) is 0 Å². The molecule has 0 aromatic heterocycles. The quantitative estimate of drug-likeness (QED) is 0.146. The molecule has 0 aliphatic rings. The van der Waals surface area contributed by atoms with Crippen LogP contribution < -0.4 is 28.3 Å². The lowest BCUT2D eigenvalue weighted by atomic mass is 10.1. The van der Waals surface area contributed by atoms with Crippen molar-refractivity contribution in [2.24, 2.45) is 27.9 Å². The van der Waals surface area contributed by atoms with Crippen molar-refractivity contribution in [3.63, 3.8) is 0 Å². The van der Waals surface area contributed by atoms with Gasteiger partial charge in [0.05, 0.1) is 6.04 Å². The molecule has 0 aromatic rings. The Morgan fingerprint density at radius 3 is 2.33 bits per heavy atom. The number of carbonyl (C=O) groups is 2. The van der Waals surface area contributed by atoms with Gasteiger partial charge in [0, 0.05) is 6.54 Å². The van der Waals surface area contributed by atoms with E-state index < -0.39 is 24.0 Å². The number of guanidine groups is 1. The predicted octanol–water partition coefficient (Wildman–Crippen LogP) is -1.93. The minimum absolute atomic E-state index is 0.0483. The van der Waals surface area contributed by atoms with Crippen LogP contribution in [-0.2, 0) is 9.59 Å². The maximum atomic E-state index is 11.8. The first-order valence-electron chi connectivity index (χ1n) is 6.92. The highest BCUT2D eigenvalue weighted by atomic mass is 16.4. The fraction of sp³-hybridized carbons (Fsp3) is 0.750. The van der Waals surface area contributed by atoms with Gasteiger partial charge in [0.2, 0.25) is 5.91 Å². The molecule has 0 rings (SSSR count). The Labute approximate surface area is 124 Å². The van der Waals surface area contributed by atoms with Crippen LogP contribution in [0.25, 0.3) is 0 Å². The summed E-state index contributed by atoms with van der Waals surface area (Å²) in [5.41, 5.74) is 21.4. The fourth-order valence-corrected chi connectivity index (χ4v) is 1.68. The van der Waals surface area contributed by atoms with E-state index >= 15 is 0 Å². The maximum Gasteiger partial charge on any atom is 0.326 e. The van der Waals surface area contributed by atoms with E-state index in [2.05, 4.69) is 10.3 Å². The monoisotopic (exact) mass is 302 g/mol. The second-order valence-corrected chi connectivity index (χ2v) is 4.74. The average molecular weight is 302 g/mol. The van der Waals surface area contributed by atoms with E-state index in [4.69, 9.17) is 28.0 Å². The Balaban J connectivity index is 4.20. The second kappa shape index (κ2) is 10.9. The summed E-state index contributed by atoms with van der Waals surface area (Å²) in [7, 11) is 0. The number of aliphatic carboxylic acids is 1. The minimum atomic E-state index is -1.11. The van der Waals surface area contributed by atoms with Gasteiger partial charge in [-0.3, -0.25) is 9.79 Å². The van der Waals surface area contributed by atoms with Crippen molar-refractivity contribution in [2.75, 3.05) is 13.1 Å². The third kappa shape index (κ3) is 9.63. The van der Waals surface area contributed by atoms with Gasteiger partial charge in [-0.25, -0.2) is 4.79 Å². The van der Waals surface area contributed by atoms with Crippen LogP contribution in [-0.4, -0.2) is 48.1 Å². The van der Waals surface area contributed by atoms with Crippen LogP contribution in [0.3, 0.4) is 0 Å². The van der Waals surface area contributed by atoms with Crippen molar-refractivity contribution in [1.29, 1.82) is 0 Å². The Kier molecular flexibility index (Phi) is 9.90. The van der Waals surface area contributed by atoms with Crippen LogP contribution in [0.1, 0.15) is 32.1 Å². The van der Waals surface area contributed by atoms with Gasteiger partial charge in [-0.1, -0.05) is 6.42 Å². The lowest BCUT2D eigenvalue weighted by Crippen LogP contribution is -2.48. The standard InChI is InChI=1S/C12H26N6O3/c13-6-2-1-4-8(14)10(19)18-9(11(20)21)5-3-7-17-12(15)16/h8-9H,1-7,13-14H2,(H,18,19)(H,20,21)(H4,15,16,17)/t8-,9-/m0/s1/i1+0,2+0,3+0,4+0,5+0,6+0,7+0,8+0,9+0,10+0,11+0,12+0,13+0,14+0,15+0,16+0,17+0,18+0. The highest BCUT2D eigenvalue weighted by Crippen LogP contribution is 2.02. The molecule has 2 atom stereocenters. The molecule has 21 heavy (non-hydrogen) atoms. The van der Waals surface area contributed by atoms with E-state index in [0.717, 1.165) is 12.8 Å². The number of nitrogens with two attached hydrogens (primary N) is 4. The number of hydrogen-bond acceptors (Lipinski definition) is 5. The molecule has 0 saturated carbocycles. The minimum Gasteiger partial charge on any atom is -0.480 e. The van der Waals surface area contributed by atoms with Gasteiger partial charge >= 0.3 is 5.97 Å². The molecule has 0 aromatic carbocycles. The molecule has 0 unspecified atom stereocenters. The number of aliphatic imine (C=N–C) groups is 1. The zero-order valence-electron chi connectivity index (χ0n) is 12.1. The van der Waals surface area contributed by atoms with Gasteiger partial charge in [0.1, 0.15) is 6.04 Å². The summed E-state index contributed by atoms with van der Waals surface area (Å²) in [6, 6.07) is -1.72. The van der Waals surface area contributed by atoms with Gasteiger partial charge in [-0.05, 0) is 32.2 Å². The van der Waals surface area contributed by atoms with E-state index in [9.17, 15) is 9.59 Å². The zero-order chi connectivity index (χ0) is 16.3. The Morgan fingerprint density at radius 1 is 1.14 bits per heavy atom. The van der Waals surface area contributed by atoms with Crippen molar-refractivity contribution < 1.29 is 14.7 Å². The molecule has 0 radical (unpaired) electrons. The number of hydrogen-bond donors (Lipinski definition) is 6. The molecule has 10 N–H and O–H groups in total. The van der Waals surface area contributed by atoms with E-state index in [-0.39, 0.29) is 12.4 Å². The largest absolute Gasteiger partial charge is 0.480 e. The number of carboxylic acids is 1. The number of carboxylic acid groups (broad SMARTS) is 1. The summed E-state index contributed by atoms with van der Waals surface area (Å²) in [5.74, 6) is -1.63. The summed E-state index contributed by atoms with van der Waals surface area (Å²) in [6.07, 6.45) is 2.66. The highest BCUT2D eigenvalue weighted by Gasteiger charge is 2.22. The average Bonchev–Trinajstić information content (AvgIpc) is 2.41. The van der Waals surface area contributed by atoms with Gasteiger partial charge in [0.15, 0.2) is 5.96 Å². The zero-order valence-corrected chi connectivity index (χ0v) is 12.1. The van der Waals surface area contributed by atoms with Crippen LogP contribution in [0.15, 0.2) is 4.99 Å². The second-order valence-electron chi connectivity index (χ2n) is 4.74. The molecule has 0 heterocycles. The molecule has 0 aliphatic carbocycles. The van der Waals surface area contributed by atoms with Crippen LogP contribution in [0.2, 0.25) is 0 Å². The third-order valence-electron chi connectivity index (χ3n) is 2.87. The molecule has 9 heteroatoms. The van der Waals surface area contributed by atoms with Gasteiger partial charge in [-0.15, -0.1) is 0 Å². The topological polar surface area (TPSA) is 183 Å². The van der Waals surface area contributed by atoms with Crippen molar-refractivity contribution in [2.45, 2.75) is 44.2 Å². The number of rotatable bonds is 11. The number of carbonyl (C=O) groups excluding carboxylic acids is 1. The van der Waals surface area contributed by atoms with Crippen molar-refractivity contribution >= 4 is 17.8 Å². The van der Waals surface area contributed by atoms with Crippen LogP contribution in [0, 0.1) is 0 Å². The first-order chi connectivity index (χ1) is 9.88. The van der Waals surface area contributed by atoms with Crippen molar-refractivity contribution in [1.82, 2.24) is 5.32 Å². The van der Waals surface area contributed by atoms with Gasteiger partial charge in [-0.2, -0.15) is 0 Å². The summed E-state index contributed by atoms with van der Waals surface area (Å²) >= 11 is 0. The molecule has 0 spiro atoms. The lowest BCUT2D eigenvalue weighted by molar-refractivity contribution is -0.142. The van der Waals surface area contributed by atoms with E-state index in [1.807, 2.05) is 0 Å². The molecule has 1 amide bonds. The summed E-state index contributed by atoms with van der Waals surface area (Å²) in [4.78, 5) is 26.6. The molecule has 0 saturated heterocycles. The van der Waals surface area contributed by atoms with Crippen LogP contribution in [0.5, 0.6) is 0 Å². The lowest BCUT2D eigenvalue weighted by Gasteiger charge is -2.17. The summed E-state index contributed by atoms with van der Waals surface area (Å²) in [5, 5.41) is 11.5. The van der Waals surface area contributed by atoms with E-state index in [1.54, 1.807) is 0 Å². The summed E-state index contributed by atoms with van der Waals surface area (Å²) < 4.78 is 0. The van der Waals surface area contributed by atoms with Crippen molar-refractivity contribution in [3.8, 4) is 0 Å². The normalized spacial score (nSPS) is 13.2. The Hall–Kier alpha value is -1.87. The fourth-order valence-electron chi connectivity index (χ4n) is 1.68. The number of amides is 1. The molecular formula is C12H26N6O3. The Morgan fingerprint density at radius 2 is 1.81 bits per heavy atom. The molecule has 0 fully saturated rings. The van der Waals surface area contributed by atoms with Gasteiger partial charge < -0.3 is 33.4 Å². The van der Waals surface area contributed by atoms with Crippen LogP contribution in [0.4, 0.5) is 0 Å². The van der Waals surface area contributed by atoms with Crippen molar-refractivity contribution in [3.05, 3.63) is 0 Å². The highest BCUT2D eigenvalue weighted by molar-refractivity contribution is 5.86. The number of nitrogens with zero attached hydrogens (tertiary/aromatic N) is 1. The first kappa shape index (κ1) is 19.1. The molecule has 0 aliphatic heterocycles. The van der Waals surface area contributed by atoms with E-state index in [1.165, 1.54) is 0 Å². The maximum absolute atomic E-state index is 11.8. The molecule has 0 bridgehead atoms. The molecule has 9 nitrogen and oxygen atoms in total. The number of unbranched alkanes of at least 4 members (excludes halogenated alkanes) is 1. The Bertz CT molecular complexity index is 357. The predicted molar refractivity (Wildman–Crippen MR) is 80.4 cm³/mol. The number of nitrogens with one attached hydrogen (secondary N) is 1. The van der Waals surface area contributed by atoms with Crippen LogP contribution >= 0.6 is 0 Å². The summed E-state index contributed by atoms with van der Waals surface area (Å²) in [6.45, 7) is 0.849. The van der Waals surface area contributed by atoms with E-state index in [0.29, 0.717) is 25.9 Å². The molecule has 122 valence electrons.